The number of unbranched alkanes of at least 4 members (excludes halogenated alkanes) is 2. The number of anilines is 1. The van der Waals surface area contributed by atoms with E-state index in [2.05, 4.69) is 21.8 Å². The molecule has 3 aromatic rings. The van der Waals surface area contributed by atoms with Crippen LogP contribution < -0.4 is 10.7 Å². The first-order valence-corrected chi connectivity index (χ1v) is 10.9. The Bertz CT molecular complexity index is 1120. The van der Waals surface area contributed by atoms with Crippen LogP contribution in [0.3, 0.4) is 0 Å². The van der Waals surface area contributed by atoms with Crippen molar-refractivity contribution in [1.82, 2.24) is 9.55 Å². The minimum atomic E-state index is -0.347. The van der Waals surface area contributed by atoms with Gasteiger partial charge in [-0.15, -0.1) is 0 Å². The van der Waals surface area contributed by atoms with Crippen LogP contribution in [0, 0.1) is 20.8 Å². The lowest BCUT2D eigenvalue weighted by molar-refractivity contribution is 0.102. The highest BCUT2D eigenvalue weighted by molar-refractivity contribution is 6.05. The van der Waals surface area contributed by atoms with Crippen LogP contribution in [0.15, 0.2) is 53.5 Å². The summed E-state index contributed by atoms with van der Waals surface area (Å²) in [6.07, 6.45) is 5.47. The Labute approximate surface area is 184 Å². The third-order valence-corrected chi connectivity index (χ3v) is 5.77. The van der Waals surface area contributed by atoms with Crippen LogP contribution in [0.5, 0.6) is 0 Å². The number of rotatable bonds is 8. The first-order valence-electron chi connectivity index (χ1n) is 10.9. The Kier molecular flexibility index (Phi) is 7.40. The lowest BCUT2D eigenvalue weighted by Gasteiger charge is -2.20. The Morgan fingerprint density at radius 1 is 1.06 bits per heavy atom. The second-order valence-electron chi connectivity index (χ2n) is 8.04. The minimum absolute atomic E-state index is 0.232. The van der Waals surface area contributed by atoms with Gasteiger partial charge >= 0.3 is 0 Å². The number of hydrogen-bond donors (Lipinski definition) is 1. The molecule has 0 unspecified atom stereocenters. The molecule has 0 fully saturated rings. The van der Waals surface area contributed by atoms with Crippen molar-refractivity contribution in [3.8, 4) is 0 Å². The van der Waals surface area contributed by atoms with Gasteiger partial charge < -0.3 is 9.88 Å². The lowest BCUT2D eigenvalue weighted by atomic mass is 10.0. The van der Waals surface area contributed by atoms with Crippen molar-refractivity contribution in [2.24, 2.45) is 0 Å². The van der Waals surface area contributed by atoms with Gasteiger partial charge in [-0.1, -0.05) is 38.0 Å². The van der Waals surface area contributed by atoms with Crippen LogP contribution in [0.2, 0.25) is 0 Å². The van der Waals surface area contributed by atoms with Gasteiger partial charge in [-0.3, -0.25) is 14.6 Å². The van der Waals surface area contributed by atoms with Crippen molar-refractivity contribution < 1.29 is 4.79 Å². The van der Waals surface area contributed by atoms with E-state index in [1.807, 2.05) is 57.2 Å². The molecular weight excluding hydrogens is 386 g/mol. The molecule has 0 spiro atoms. The molecule has 0 aliphatic carbocycles. The lowest BCUT2D eigenvalue weighted by Crippen LogP contribution is -2.29. The molecule has 5 nitrogen and oxygen atoms in total. The molecular formula is C26H31N3O2. The van der Waals surface area contributed by atoms with Gasteiger partial charge in [-0.2, -0.15) is 0 Å². The molecule has 162 valence electrons. The van der Waals surface area contributed by atoms with Gasteiger partial charge in [0.2, 0.25) is 0 Å². The first-order chi connectivity index (χ1) is 14.9. The van der Waals surface area contributed by atoms with Crippen molar-refractivity contribution >= 4 is 11.6 Å². The normalized spacial score (nSPS) is 10.8. The summed E-state index contributed by atoms with van der Waals surface area (Å²) in [5.41, 5.74) is 5.36. The molecule has 0 saturated heterocycles. The molecule has 0 bridgehead atoms. The molecule has 2 heterocycles. The van der Waals surface area contributed by atoms with Crippen molar-refractivity contribution in [3.05, 3.63) is 92.7 Å². The average molecular weight is 418 g/mol. The maximum Gasteiger partial charge on any atom is 0.261 e. The summed E-state index contributed by atoms with van der Waals surface area (Å²) in [4.78, 5) is 30.8. The second kappa shape index (κ2) is 10.2. The van der Waals surface area contributed by atoms with Crippen molar-refractivity contribution in [1.29, 1.82) is 0 Å². The van der Waals surface area contributed by atoms with E-state index < -0.39 is 0 Å². The number of benzene rings is 1. The highest BCUT2D eigenvalue weighted by Gasteiger charge is 2.21. The standard InChI is InChI=1S/C26H31N3O2/c1-5-6-7-14-23-25(26(31)28-22-13-10-11-18(2)20(22)4)24(30)16-19(3)29(23)17-21-12-8-9-15-27-21/h8-13,15-16H,5-7,14,17H2,1-4H3,(H,28,31). The van der Waals surface area contributed by atoms with E-state index in [0.717, 1.165) is 53.2 Å². The van der Waals surface area contributed by atoms with Crippen molar-refractivity contribution in [2.75, 3.05) is 5.32 Å². The van der Waals surface area contributed by atoms with Crippen LogP contribution >= 0.6 is 0 Å². The van der Waals surface area contributed by atoms with Crippen molar-refractivity contribution in [2.45, 2.75) is 59.9 Å². The minimum Gasteiger partial charge on any atom is -0.342 e. The van der Waals surface area contributed by atoms with Gasteiger partial charge in [0.25, 0.3) is 5.91 Å². The molecule has 31 heavy (non-hydrogen) atoms. The van der Waals surface area contributed by atoms with Crippen LogP contribution in [-0.2, 0) is 13.0 Å². The largest absolute Gasteiger partial charge is 0.342 e. The summed E-state index contributed by atoms with van der Waals surface area (Å²) in [5.74, 6) is -0.347. The molecule has 0 saturated carbocycles. The van der Waals surface area contributed by atoms with Crippen LogP contribution in [-0.4, -0.2) is 15.5 Å². The summed E-state index contributed by atoms with van der Waals surface area (Å²) in [5, 5.41) is 2.98. The quantitative estimate of drug-likeness (QED) is 0.512. The van der Waals surface area contributed by atoms with Crippen LogP contribution in [0.4, 0.5) is 5.69 Å². The highest BCUT2D eigenvalue weighted by atomic mass is 16.2. The number of hydrogen-bond acceptors (Lipinski definition) is 3. The predicted molar refractivity (Wildman–Crippen MR) is 126 cm³/mol. The fourth-order valence-corrected chi connectivity index (χ4v) is 3.82. The maximum atomic E-state index is 13.3. The molecule has 1 N–H and O–H groups in total. The smallest absolute Gasteiger partial charge is 0.261 e. The number of nitrogens with zero attached hydrogens (tertiary/aromatic N) is 2. The third-order valence-electron chi connectivity index (χ3n) is 5.77. The van der Waals surface area contributed by atoms with Gasteiger partial charge in [-0.05, 0) is 62.9 Å². The summed E-state index contributed by atoms with van der Waals surface area (Å²) >= 11 is 0. The summed E-state index contributed by atoms with van der Waals surface area (Å²) in [6, 6.07) is 13.1. The monoisotopic (exact) mass is 417 g/mol. The SMILES string of the molecule is CCCCCc1c(C(=O)Nc2cccc(C)c2C)c(=O)cc(C)n1Cc1ccccn1. The molecule has 0 radical (unpaired) electrons. The van der Waals surface area contributed by atoms with E-state index in [9.17, 15) is 9.59 Å². The van der Waals surface area contributed by atoms with E-state index in [0.29, 0.717) is 13.0 Å². The van der Waals surface area contributed by atoms with E-state index in [1.54, 1.807) is 12.3 Å². The number of nitrogens with one attached hydrogen (secondary N) is 1. The topological polar surface area (TPSA) is 64.0 Å². The zero-order valence-corrected chi connectivity index (χ0v) is 18.9. The van der Waals surface area contributed by atoms with Gasteiger partial charge in [0.05, 0.1) is 12.2 Å². The van der Waals surface area contributed by atoms with E-state index in [1.165, 1.54) is 0 Å². The fraction of sp³-hybridized carbons (Fsp3) is 0.346. The van der Waals surface area contributed by atoms with Crippen LogP contribution in [0.1, 0.15) is 64.8 Å². The first kappa shape index (κ1) is 22.5. The third kappa shape index (κ3) is 5.29. The molecule has 0 aliphatic heterocycles. The van der Waals surface area contributed by atoms with E-state index in [4.69, 9.17) is 0 Å². The molecule has 2 aromatic heterocycles. The molecule has 1 aromatic carbocycles. The molecule has 0 atom stereocenters. The molecule has 1 amide bonds. The van der Waals surface area contributed by atoms with E-state index in [-0.39, 0.29) is 16.9 Å². The van der Waals surface area contributed by atoms with E-state index >= 15 is 0 Å². The van der Waals surface area contributed by atoms with Gasteiger partial charge in [0.1, 0.15) is 5.56 Å². The number of aromatic nitrogens is 2. The molecule has 0 aliphatic rings. The number of carbonyl (C=O) groups is 1. The Morgan fingerprint density at radius 2 is 1.87 bits per heavy atom. The zero-order chi connectivity index (χ0) is 22.4. The maximum absolute atomic E-state index is 13.3. The summed E-state index contributed by atoms with van der Waals surface area (Å²) in [6.45, 7) is 8.57. The van der Waals surface area contributed by atoms with Gasteiger partial charge in [0, 0.05) is 29.3 Å². The molecule has 3 rings (SSSR count). The molecule has 5 heteroatoms. The zero-order valence-electron chi connectivity index (χ0n) is 18.9. The summed E-state index contributed by atoms with van der Waals surface area (Å²) < 4.78 is 2.07. The predicted octanol–water partition coefficient (Wildman–Crippen LogP) is 5.20. The van der Waals surface area contributed by atoms with Crippen LogP contribution in [0.25, 0.3) is 0 Å². The second-order valence-corrected chi connectivity index (χ2v) is 8.04. The highest BCUT2D eigenvalue weighted by Crippen LogP contribution is 2.21. The van der Waals surface area contributed by atoms with Crippen molar-refractivity contribution in [3.63, 3.8) is 0 Å². The number of pyridine rings is 2. The Morgan fingerprint density at radius 3 is 2.58 bits per heavy atom. The number of amides is 1. The fourth-order valence-electron chi connectivity index (χ4n) is 3.82. The Balaban J connectivity index is 2.06. The Hall–Kier alpha value is -3.21. The number of carbonyl (C=O) groups excluding carboxylic acids is 1. The van der Waals surface area contributed by atoms with Gasteiger partial charge in [0.15, 0.2) is 5.43 Å². The summed E-state index contributed by atoms with van der Waals surface area (Å²) in [7, 11) is 0. The number of aryl methyl sites for hydroxylation is 2. The van der Waals surface area contributed by atoms with Gasteiger partial charge in [-0.25, -0.2) is 0 Å². The average Bonchev–Trinajstić information content (AvgIpc) is 2.74.